The molecule has 2 saturated heterocycles. The Morgan fingerprint density at radius 2 is 1.17 bits per heavy atom. The van der Waals surface area contributed by atoms with Gasteiger partial charge in [0.25, 0.3) is 11.8 Å². The van der Waals surface area contributed by atoms with Crippen molar-refractivity contribution in [3.05, 3.63) is 23.5 Å². The molecule has 0 aromatic heterocycles. The van der Waals surface area contributed by atoms with E-state index in [-0.39, 0.29) is 44.1 Å². The number of hydrogen-bond donors (Lipinski definition) is 2. The summed E-state index contributed by atoms with van der Waals surface area (Å²) in [4.78, 5) is 72.7. The summed E-state index contributed by atoms with van der Waals surface area (Å²) < 4.78 is 9.37. The van der Waals surface area contributed by atoms with Crippen LogP contribution in [-0.2, 0) is 28.7 Å². The third-order valence-electron chi connectivity index (χ3n) is 3.79. The number of hydrogen-bond acceptors (Lipinski definition) is 8. The van der Waals surface area contributed by atoms with Crippen LogP contribution >= 0.6 is 0 Å². The van der Waals surface area contributed by atoms with E-state index in [1.165, 1.54) is 0 Å². The van der Waals surface area contributed by atoms with Crippen molar-refractivity contribution in [2.45, 2.75) is 20.3 Å². The van der Waals surface area contributed by atoms with E-state index in [2.05, 4.69) is 20.1 Å². The summed E-state index contributed by atoms with van der Waals surface area (Å²) in [5, 5.41) is 4.51. The average Bonchev–Trinajstić information content (AvgIpc) is 3.06. The van der Waals surface area contributed by atoms with Crippen molar-refractivity contribution in [3.63, 3.8) is 0 Å². The molecule has 2 aliphatic rings. The first kappa shape index (κ1) is 21.6. The highest BCUT2D eigenvalue weighted by atomic mass is 16.5. The van der Waals surface area contributed by atoms with Gasteiger partial charge in [0, 0.05) is 13.1 Å². The van der Waals surface area contributed by atoms with Crippen molar-refractivity contribution < 1.29 is 38.2 Å². The zero-order valence-electron chi connectivity index (χ0n) is 15.9. The van der Waals surface area contributed by atoms with Crippen LogP contribution in [-0.4, -0.2) is 71.9 Å². The van der Waals surface area contributed by atoms with Gasteiger partial charge in [0.1, 0.15) is 11.4 Å². The van der Waals surface area contributed by atoms with Gasteiger partial charge in [-0.3, -0.25) is 19.4 Å². The van der Waals surface area contributed by atoms with Gasteiger partial charge in [-0.2, -0.15) is 0 Å². The molecule has 2 aliphatic heterocycles. The molecule has 0 aromatic carbocycles. The van der Waals surface area contributed by atoms with Crippen LogP contribution in [0.1, 0.15) is 20.3 Å². The molecule has 0 saturated carbocycles. The molecular formula is C17H20N4O8. The van der Waals surface area contributed by atoms with E-state index in [4.69, 9.17) is 0 Å². The number of ether oxygens (including phenoxy) is 2. The number of imide groups is 2. The summed E-state index contributed by atoms with van der Waals surface area (Å²) in [6.07, 6.45) is 1.86. The minimum Gasteiger partial charge on any atom is -0.463 e. The fraction of sp³-hybridized carbons (Fsp3) is 0.412. The van der Waals surface area contributed by atoms with Crippen LogP contribution in [0.15, 0.2) is 23.5 Å². The van der Waals surface area contributed by atoms with Gasteiger partial charge >= 0.3 is 24.0 Å². The number of urea groups is 2. The molecule has 0 spiro atoms. The standard InChI is InChI=1S/C17H20N4O8/c1-3-28-12(22)8-10-14(24)20(16(26)18-10)6-5-7-21-15(25)11(19-17(21)27)9-13(23)29-4-2/h8-9H,3-7H2,1-2H3,(H,18,26)(H,19,27)/b10-8-,11-9-. The number of amides is 6. The number of esters is 2. The van der Waals surface area contributed by atoms with Crippen molar-refractivity contribution in [2.24, 2.45) is 0 Å². The maximum absolute atomic E-state index is 12.2. The van der Waals surface area contributed by atoms with Gasteiger partial charge in [-0.05, 0) is 20.3 Å². The zero-order valence-corrected chi connectivity index (χ0v) is 15.9. The summed E-state index contributed by atoms with van der Waals surface area (Å²) in [6.45, 7) is 3.24. The largest absolute Gasteiger partial charge is 0.463 e. The normalized spacial score (nSPS) is 19.1. The Balaban J connectivity index is 1.92. The third kappa shape index (κ3) is 5.18. The molecule has 2 heterocycles. The highest BCUT2D eigenvalue weighted by molar-refractivity contribution is 6.14. The summed E-state index contributed by atoms with van der Waals surface area (Å²) in [7, 11) is 0. The van der Waals surface area contributed by atoms with Crippen LogP contribution in [0.25, 0.3) is 0 Å². The Kier molecular flexibility index (Phi) is 7.06. The molecule has 6 amide bonds. The van der Waals surface area contributed by atoms with E-state index in [9.17, 15) is 28.8 Å². The molecule has 12 nitrogen and oxygen atoms in total. The van der Waals surface area contributed by atoms with Crippen LogP contribution in [0, 0.1) is 0 Å². The molecule has 12 heteroatoms. The van der Waals surface area contributed by atoms with E-state index < -0.39 is 35.8 Å². The number of carbonyl (C=O) groups is 6. The van der Waals surface area contributed by atoms with Gasteiger partial charge in [-0.25, -0.2) is 19.2 Å². The maximum atomic E-state index is 12.2. The van der Waals surface area contributed by atoms with Crippen LogP contribution in [0.2, 0.25) is 0 Å². The second-order valence-corrected chi connectivity index (χ2v) is 5.75. The van der Waals surface area contributed by atoms with Crippen molar-refractivity contribution in [1.29, 1.82) is 0 Å². The second-order valence-electron chi connectivity index (χ2n) is 5.75. The monoisotopic (exact) mass is 408 g/mol. The topological polar surface area (TPSA) is 151 Å². The lowest BCUT2D eigenvalue weighted by molar-refractivity contribution is -0.138. The maximum Gasteiger partial charge on any atom is 0.333 e. The Labute approximate surface area is 165 Å². The lowest BCUT2D eigenvalue weighted by Crippen LogP contribution is -2.36. The Morgan fingerprint density at radius 1 is 0.793 bits per heavy atom. The molecule has 156 valence electrons. The van der Waals surface area contributed by atoms with E-state index >= 15 is 0 Å². The second kappa shape index (κ2) is 9.48. The summed E-state index contributed by atoms with van der Waals surface area (Å²) >= 11 is 0. The number of rotatable bonds is 8. The molecule has 0 radical (unpaired) electrons. The lowest BCUT2D eigenvalue weighted by Gasteiger charge is -2.15. The summed E-state index contributed by atoms with van der Waals surface area (Å²) in [5.74, 6) is -2.97. The van der Waals surface area contributed by atoms with Crippen molar-refractivity contribution in [1.82, 2.24) is 20.4 Å². The van der Waals surface area contributed by atoms with Gasteiger partial charge in [-0.15, -0.1) is 0 Å². The third-order valence-corrected chi connectivity index (χ3v) is 3.79. The van der Waals surface area contributed by atoms with E-state index in [1.807, 2.05) is 0 Å². The fourth-order valence-electron chi connectivity index (χ4n) is 2.54. The highest BCUT2D eigenvalue weighted by Crippen LogP contribution is 2.13. The molecule has 0 aromatic rings. The summed E-state index contributed by atoms with van der Waals surface area (Å²) in [6, 6.07) is -1.46. The van der Waals surface area contributed by atoms with Crippen molar-refractivity contribution in [2.75, 3.05) is 26.3 Å². The zero-order chi connectivity index (χ0) is 21.6. The minimum atomic E-state index is -0.766. The quantitative estimate of drug-likeness (QED) is 0.306. The number of carbonyl (C=O) groups excluding carboxylic acids is 6. The molecule has 0 atom stereocenters. The highest BCUT2D eigenvalue weighted by Gasteiger charge is 2.36. The molecule has 0 aliphatic carbocycles. The van der Waals surface area contributed by atoms with Crippen LogP contribution in [0.3, 0.4) is 0 Å². The first-order valence-electron chi connectivity index (χ1n) is 8.81. The van der Waals surface area contributed by atoms with Gasteiger partial charge in [-0.1, -0.05) is 0 Å². The first-order valence-corrected chi connectivity index (χ1v) is 8.81. The predicted molar refractivity (Wildman–Crippen MR) is 94.5 cm³/mol. The van der Waals surface area contributed by atoms with Gasteiger partial charge in [0.2, 0.25) is 0 Å². The predicted octanol–water partition coefficient (Wildman–Crippen LogP) is -0.626. The van der Waals surface area contributed by atoms with Gasteiger partial charge in [0.05, 0.1) is 25.4 Å². The van der Waals surface area contributed by atoms with Crippen molar-refractivity contribution in [3.8, 4) is 0 Å². The molecule has 2 fully saturated rings. The van der Waals surface area contributed by atoms with Crippen LogP contribution < -0.4 is 10.6 Å². The first-order chi connectivity index (χ1) is 13.8. The lowest BCUT2D eigenvalue weighted by atomic mass is 10.3. The molecule has 2 N–H and O–H groups in total. The van der Waals surface area contributed by atoms with E-state index in [0.717, 1.165) is 22.0 Å². The van der Waals surface area contributed by atoms with Crippen LogP contribution in [0.4, 0.5) is 9.59 Å². The molecular weight excluding hydrogens is 388 g/mol. The minimum absolute atomic E-state index is 0.0949. The molecule has 29 heavy (non-hydrogen) atoms. The van der Waals surface area contributed by atoms with E-state index in [1.54, 1.807) is 13.8 Å². The molecule has 2 rings (SSSR count). The average molecular weight is 408 g/mol. The van der Waals surface area contributed by atoms with Crippen molar-refractivity contribution >= 4 is 35.8 Å². The van der Waals surface area contributed by atoms with Crippen LogP contribution in [0.5, 0.6) is 0 Å². The number of nitrogens with zero attached hydrogens (tertiary/aromatic N) is 2. The smallest absolute Gasteiger partial charge is 0.333 e. The molecule has 0 unspecified atom stereocenters. The van der Waals surface area contributed by atoms with Gasteiger partial charge in [0.15, 0.2) is 0 Å². The summed E-state index contributed by atoms with van der Waals surface area (Å²) in [5.41, 5.74) is -0.439. The van der Waals surface area contributed by atoms with Gasteiger partial charge < -0.3 is 20.1 Å². The van der Waals surface area contributed by atoms with E-state index in [0.29, 0.717) is 0 Å². The number of nitrogens with one attached hydrogen (secondary N) is 2. The Hall–Kier alpha value is -3.70. The Bertz CT molecular complexity index is 750. The molecule has 0 bridgehead atoms. The Morgan fingerprint density at radius 3 is 1.52 bits per heavy atom. The fourth-order valence-corrected chi connectivity index (χ4v) is 2.54. The SMILES string of the molecule is CCOC(=O)/C=C1\NC(=O)N(CCCN2C(=O)N/C(=C\C(=O)OCC)C2=O)C1=O.